The fourth-order valence-corrected chi connectivity index (χ4v) is 1.53. The van der Waals surface area contributed by atoms with E-state index in [1.807, 2.05) is 13.1 Å². The summed E-state index contributed by atoms with van der Waals surface area (Å²) in [6.07, 6.45) is 3.36. The van der Waals surface area contributed by atoms with Crippen LogP contribution in [-0.2, 0) is 12.5 Å². The van der Waals surface area contributed by atoms with Crippen molar-refractivity contribution < 1.29 is 0 Å². The number of hydrogen-bond acceptors (Lipinski definition) is 4. The summed E-state index contributed by atoms with van der Waals surface area (Å²) in [4.78, 5) is 8.62. The minimum absolute atomic E-state index is 0.0657. The van der Waals surface area contributed by atoms with Gasteiger partial charge in [0.2, 0.25) is 0 Å². The van der Waals surface area contributed by atoms with E-state index in [1.54, 1.807) is 17.1 Å². The van der Waals surface area contributed by atoms with E-state index in [-0.39, 0.29) is 5.41 Å². The molecule has 2 rings (SSSR count). The summed E-state index contributed by atoms with van der Waals surface area (Å²) in [5.41, 5.74) is 7.17. The van der Waals surface area contributed by atoms with Gasteiger partial charge in [-0.3, -0.25) is 4.98 Å². The average molecular weight is 231 g/mol. The van der Waals surface area contributed by atoms with E-state index in [1.165, 1.54) is 0 Å². The Hall–Kier alpha value is -1.91. The molecule has 0 saturated heterocycles. The number of aryl methyl sites for hydroxylation is 1. The molecule has 5 nitrogen and oxygen atoms in total. The van der Waals surface area contributed by atoms with Crippen LogP contribution in [0, 0.1) is 0 Å². The second-order valence-corrected chi connectivity index (χ2v) is 5.14. The van der Waals surface area contributed by atoms with Crippen LogP contribution in [0.15, 0.2) is 18.5 Å². The Kier molecular flexibility index (Phi) is 2.61. The molecular formula is C12H17N5. The zero-order chi connectivity index (χ0) is 12.6. The number of nitrogens with zero attached hydrogens (tertiary/aromatic N) is 4. The van der Waals surface area contributed by atoms with Crippen molar-refractivity contribution in [3.8, 4) is 11.4 Å². The molecule has 2 heterocycles. The fourth-order valence-electron chi connectivity index (χ4n) is 1.53. The number of rotatable bonds is 1. The molecule has 2 aromatic rings. The summed E-state index contributed by atoms with van der Waals surface area (Å²) in [6, 6.07) is 1.85. The predicted octanol–water partition coefficient (Wildman–Crippen LogP) is 1.76. The van der Waals surface area contributed by atoms with Gasteiger partial charge in [0, 0.05) is 30.4 Å². The molecule has 0 aliphatic carbocycles. The summed E-state index contributed by atoms with van der Waals surface area (Å²) in [6.45, 7) is 6.26. The molecular weight excluding hydrogens is 214 g/mol. The van der Waals surface area contributed by atoms with Crippen LogP contribution in [0.1, 0.15) is 26.6 Å². The van der Waals surface area contributed by atoms with Crippen LogP contribution < -0.4 is 5.73 Å². The molecule has 2 N–H and O–H groups in total. The Morgan fingerprint density at radius 2 is 1.94 bits per heavy atom. The SMILES string of the molecule is Cn1nc(C(C)(C)C)nc1-c1cncc(N)c1. The lowest BCUT2D eigenvalue weighted by Crippen LogP contribution is -2.13. The molecule has 0 amide bonds. The van der Waals surface area contributed by atoms with Crippen molar-refractivity contribution in [3.63, 3.8) is 0 Å². The summed E-state index contributed by atoms with van der Waals surface area (Å²) in [5.74, 6) is 1.60. The summed E-state index contributed by atoms with van der Waals surface area (Å²) < 4.78 is 1.76. The van der Waals surface area contributed by atoms with E-state index < -0.39 is 0 Å². The topological polar surface area (TPSA) is 69.6 Å². The first-order valence-electron chi connectivity index (χ1n) is 5.50. The maximum atomic E-state index is 5.72. The molecule has 0 atom stereocenters. The molecule has 0 unspecified atom stereocenters. The van der Waals surface area contributed by atoms with Crippen molar-refractivity contribution >= 4 is 5.69 Å². The minimum atomic E-state index is -0.0657. The van der Waals surface area contributed by atoms with E-state index >= 15 is 0 Å². The molecule has 90 valence electrons. The van der Waals surface area contributed by atoms with Gasteiger partial charge in [-0.05, 0) is 6.07 Å². The second-order valence-electron chi connectivity index (χ2n) is 5.14. The van der Waals surface area contributed by atoms with Crippen LogP contribution in [-0.4, -0.2) is 19.7 Å². The number of nitrogen functional groups attached to an aromatic ring is 1. The number of aromatic nitrogens is 4. The molecule has 5 heteroatoms. The first kappa shape index (κ1) is 11.6. The Bertz CT molecular complexity index is 536. The largest absolute Gasteiger partial charge is 0.397 e. The molecule has 0 spiro atoms. The first-order valence-corrected chi connectivity index (χ1v) is 5.50. The van der Waals surface area contributed by atoms with Gasteiger partial charge in [0.05, 0.1) is 5.69 Å². The lowest BCUT2D eigenvalue weighted by atomic mass is 9.96. The zero-order valence-electron chi connectivity index (χ0n) is 10.6. The first-order chi connectivity index (χ1) is 7.88. The highest BCUT2D eigenvalue weighted by atomic mass is 15.3. The van der Waals surface area contributed by atoms with E-state index in [0.29, 0.717) is 5.69 Å². The normalized spacial score (nSPS) is 11.8. The lowest BCUT2D eigenvalue weighted by Gasteiger charge is -2.11. The number of hydrogen-bond donors (Lipinski definition) is 1. The Labute approximate surface area is 101 Å². The van der Waals surface area contributed by atoms with Crippen LogP contribution >= 0.6 is 0 Å². The highest BCUT2D eigenvalue weighted by Crippen LogP contribution is 2.23. The molecule has 0 radical (unpaired) electrons. The number of anilines is 1. The summed E-state index contributed by atoms with van der Waals surface area (Å²) in [5, 5.41) is 4.42. The Morgan fingerprint density at radius 1 is 1.24 bits per heavy atom. The number of nitrogens with two attached hydrogens (primary N) is 1. The van der Waals surface area contributed by atoms with E-state index in [0.717, 1.165) is 17.2 Å². The van der Waals surface area contributed by atoms with Gasteiger partial charge in [-0.1, -0.05) is 20.8 Å². The van der Waals surface area contributed by atoms with Crippen LogP contribution in [0.5, 0.6) is 0 Å². The fraction of sp³-hybridized carbons (Fsp3) is 0.417. The van der Waals surface area contributed by atoms with Crippen molar-refractivity contribution in [1.82, 2.24) is 19.7 Å². The molecule has 0 bridgehead atoms. The van der Waals surface area contributed by atoms with Gasteiger partial charge in [0.25, 0.3) is 0 Å². The summed E-state index contributed by atoms with van der Waals surface area (Å²) >= 11 is 0. The van der Waals surface area contributed by atoms with Crippen molar-refractivity contribution in [3.05, 3.63) is 24.3 Å². The van der Waals surface area contributed by atoms with Crippen LogP contribution in [0.3, 0.4) is 0 Å². The monoisotopic (exact) mass is 231 g/mol. The molecule has 0 saturated carbocycles. The third-order valence-electron chi connectivity index (χ3n) is 2.45. The van der Waals surface area contributed by atoms with E-state index in [4.69, 9.17) is 5.73 Å². The highest BCUT2D eigenvalue weighted by molar-refractivity contribution is 5.59. The second kappa shape index (κ2) is 3.84. The maximum absolute atomic E-state index is 5.72. The van der Waals surface area contributed by atoms with Crippen LogP contribution in [0.25, 0.3) is 11.4 Å². The third kappa shape index (κ3) is 2.27. The smallest absolute Gasteiger partial charge is 0.159 e. The zero-order valence-corrected chi connectivity index (χ0v) is 10.6. The van der Waals surface area contributed by atoms with Gasteiger partial charge < -0.3 is 5.73 Å². The third-order valence-corrected chi connectivity index (χ3v) is 2.45. The van der Waals surface area contributed by atoms with Gasteiger partial charge >= 0.3 is 0 Å². The average Bonchev–Trinajstić information content (AvgIpc) is 2.60. The Morgan fingerprint density at radius 3 is 2.47 bits per heavy atom. The van der Waals surface area contributed by atoms with Crippen molar-refractivity contribution in [1.29, 1.82) is 0 Å². The van der Waals surface area contributed by atoms with Crippen LogP contribution in [0.4, 0.5) is 5.69 Å². The molecule has 2 aromatic heterocycles. The number of pyridine rings is 1. The van der Waals surface area contributed by atoms with Crippen LogP contribution in [0.2, 0.25) is 0 Å². The van der Waals surface area contributed by atoms with E-state index in [9.17, 15) is 0 Å². The minimum Gasteiger partial charge on any atom is -0.397 e. The van der Waals surface area contributed by atoms with Gasteiger partial charge in [0.1, 0.15) is 0 Å². The van der Waals surface area contributed by atoms with E-state index in [2.05, 4.69) is 35.8 Å². The Balaban J connectivity index is 2.50. The molecule has 0 aromatic carbocycles. The van der Waals surface area contributed by atoms with Crippen molar-refractivity contribution in [2.75, 3.05) is 5.73 Å². The molecule has 17 heavy (non-hydrogen) atoms. The van der Waals surface area contributed by atoms with Gasteiger partial charge in [-0.25, -0.2) is 9.67 Å². The van der Waals surface area contributed by atoms with Gasteiger partial charge in [-0.15, -0.1) is 0 Å². The lowest BCUT2D eigenvalue weighted by molar-refractivity contribution is 0.538. The molecule has 0 aliphatic heterocycles. The quantitative estimate of drug-likeness (QED) is 0.811. The van der Waals surface area contributed by atoms with Crippen molar-refractivity contribution in [2.45, 2.75) is 26.2 Å². The van der Waals surface area contributed by atoms with Crippen molar-refractivity contribution in [2.24, 2.45) is 7.05 Å². The molecule has 0 aliphatic rings. The standard InChI is InChI=1S/C12H17N5/c1-12(2,3)11-15-10(17(4)16-11)8-5-9(13)7-14-6-8/h5-7H,13H2,1-4H3. The maximum Gasteiger partial charge on any atom is 0.159 e. The molecule has 0 fully saturated rings. The summed E-state index contributed by atoms with van der Waals surface area (Å²) in [7, 11) is 1.88. The highest BCUT2D eigenvalue weighted by Gasteiger charge is 2.21. The predicted molar refractivity (Wildman–Crippen MR) is 67.3 cm³/mol. The van der Waals surface area contributed by atoms with Gasteiger partial charge in [-0.2, -0.15) is 5.10 Å². The van der Waals surface area contributed by atoms with Gasteiger partial charge in [0.15, 0.2) is 11.6 Å².